The number of hydrogen-bond donors (Lipinski definition) is 1. The maximum Gasteiger partial charge on any atom is 0.0702 e. The van der Waals surface area contributed by atoms with E-state index in [4.69, 9.17) is 4.74 Å². The Bertz CT molecular complexity index is 377. The molecule has 2 rings (SSSR count). The Kier molecular flexibility index (Phi) is 4.61. The van der Waals surface area contributed by atoms with Gasteiger partial charge in [-0.2, -0.15) is 0 Å². The Balaban J connectivity index is 2.20. The average Bonchev–Trinajstić information content (AvgIpc) is 3.23. The molecular weight excluding hydrogens is 226 g/mol. The fourth-order valence-corrected chi connectivity index (χ4v) is 2.49. The monoisotopic (exact) mass is 249 g/mol. The summed E-state index contributed by atoms with van der Waals surface area (Å²) in [4.78, 5) is 2.38. The fraction of sp³-hybridized carbons (Fsp3) is 0.600. The van der Waals surface area contributed by atoms with Crippen molar-refractivity contribution in [1.82, 2.24) is 0 Å². The molecule has 0 heterocycles. The van der Waals surface area contributed by atoms with E-state index >= 15 is 0 Å². The highest BCUT2D eigenvalue weighted by atomic mass is 16.5. The number of methoxy groups -OCH3 is 1. The summed E-state index contributed by atoms with van der Waals surface area (Å²) in [5.74, 6) is 0.800. The van der Waals surface area contributed by atoms with Crippen LogP contribution in [0.1, 0.15) is 25.3 Å². The van der Waals surface area contributed by atoms with Gasteiger partial charge in [0.1, 0.15) is 0 Å². The highest BCUT2D eigenvalue weighted by Gasteiger charge is 2.32. The molecule has 0 spiro atoms. The van der Waals surface area contributed by atoms with Gasteiger partial charge >= 0.3 is 0 Å². The molecule has 1 fully saturated rings. The second kappa shape index (κ2) is 6.21. The second-order valence-electron chi connectivity index (χ2n) is 5.05. The summed E-state index contributed by atoms with van der Waals surface area (Å²) < 4.78 is 5.21. The van der Waals surface area contributed by atoms with Crippen molar-refractivity contribution >= 4 is 5.69 Å². The lowest BCUT2D eigenvalue weighted by Gasteiger charge is -2.33. The second-order valence-corrected chi connectivity index (χ2v) is 5.05. The number of benzene rings is 1. The predicted molar refractivity (Wildman–Crippen MR) is 73.8 cm³/mol. The number of ether oxygens (including phenoxy) is 1. The molecule has 3 heteroatoms. The van der Waals surface area contributed by atoms with Gasteiger partial charge in [0, 0.05) is 30.9 Å². The van der Waals surface area contributed by atoms with Crippen molar-refractivity contribution in [3.8, 4) is 0 Å². The van der Waals surface area contributed by atoms with Gasteiger partial charge in [0.05, 0.1) is 13.2 Å². The third-order valence-electron chi connectivity index (χ3n) is 3.80. The van der Waals surface area contributed by atoms with E-state index in [0.717, 1.165) is 30.3 Å². The minimum absolute atomic E-state index is 0.0943. The van der Waals surface area contributed by atoms with Crippen LogP contribution in [0.5, 0.6) is 0 Å². The molecule has 0 amide bonds. The van der Waals surface area contributed by atoms with Crippen LogP contribution < -0.4 is 4.90 Å². The van der Waals surface area contributed by atoms with Gasteiger partial charge in [-0.1, -0.05) is 18.2 Å². The van der Waals surface area contributed by atoms with E-state index in [1.165, 1.54) is 12.8 Å². The van der Waals surface area contributed by atoms with Gasteiger partial charge in [0.2, 0.25) is 0 Å². The van der Waals surface area contributed by atoms with Crippen LogP contribution in [0, 0.1) is 5.92 Å². The highest BCUT2D eigenvalue weighted by molar-refractivity contribution is 5.54. The SMILES string of the molecule is COCCN(c1ccccc1CO)C(C)C1CC1. The maximum absolute atomic E-state index is 9.47. The Morgan fingerprint density at radius 3 is 2.72 bits per heavy atom. The van der Waals surface area contributed by atoms with E-state index in [1.807, 2.05) is 18.2 Å². The van der Waals surface area contributed by atoms with Gasteiger partial charge in [-0.05, 0) is 31.7 Å². The van der Waals surface area contributed by atoms with E-state index in [-0.39, 0.29) is 6.61 Å². The number of hydrogen-bond acceptors (Lipinski definition) is 3. The molecule has 0 aromatic heterocycles. The van der Waals surface area contributed by atoms with Crippen LogP contribution in [-0.4, -0.2) is 31.4 Å². The molecular formula is C15H23NO2. The number of rotatable bonds is 7. The normalized spacial score (nSPS) is 16.6. The number of nitrogens with zero attached hydrogens (tertiary/aromatic N) is 1. The molecule has 0 saturated heterocycles. The van der Waals surface area contributed by atoms with Crippen molar-refractivity contribution in [3.63, 3.8) is 0 Å². The van der Waals surface area contributed by atoms with Crippen LogP contribution >= 0.6 is 0 Å². The Morgan fingerprint density at radius 2 is 2.11 bits per heavy atom. The summed E-state index contributed by atoms with van der Waals surface area (Å²) in [5.41, 5.74) is 2.15. The van der Waals surface area contributed by atoms with E-state index in [0.29, 0.717) is 6.04 Å². The predicted octanol–water partition coefficient (Wildman–Crippen LogP) is 2.43. The van der Waals surface area contributed by atoms with Gasteiger partial charge < -0.3 is 14.7 Å². The Morgan fingerprint density at radius 1 is 1.39 bits per heavy atom. The van der Waals surface area contributed by atoms with Gasteiger partial charge in [-0.3, -0.25) is 0 Å². The molecule has 0 radical (unpaired) electrons. The molecule has 1 atom stereocenters. The van der Waals surface area contributed by atoms with Gasteiger partial charge in [-0.25, -0.2) is 0 Å². The van der Waals surface area contributed by atoms with Crippen molar-refractivity contribution < 1.29 is 9.84 Å². The average molecular weight is 249 g/mol. The first kappa shape index (κ1) is 13.4. The minimum Gasteiger partial charge on any atom is -0.392 e. The first-order valence-electron chi connectivity index (χ1n) is 6.72. The molecule has 3 nitrogen and oxygen atoms in total. The molecule has 18 heavy (non-hydrogen) atoms. The Labute approximate surface area is 109 Å². The van der Waals surface area contributed by atoms with Crippen molar-refractivity contribution in [2.45, 2.75) is 32.4 Å². The van der Waals surface area contributed by atoms with Crippen LogP contribution in [0.15, 0.2) is 24.3 Å². The summed E-state index contributed by atoms with van der Waals surface area (Å²) >= 11 is 0. The maximum atomic E-state index is 9.47. The number of anilines is 1. The molecule has 1 aromatic carbocycles. The zero-order chi connectivity index (χ0) is 13.0. The van der Waals surface area contributed by atoms with E-state index in [1.54, 1.807) is 7.11 Å². The van der Waals surface area contributed by atoms with Crippen LogP contribution in [0.3, 0.4) is 0 Å². The Hall–Kier alpha value is -1.06. The summed E-state index contributed by atoms with van der Waals surface area (Å²) in [7, 11) is 1.73. The molecule has 0 aliphatic heterocycles. The van der Waals surface area contributed by atoms with Gasteiger partial charge in [0.15, 0.2) is 0 Å². The fourth-order valence-electron chi connectivity index (χ4n) is 2.49. The van der Waals surface area contributed by atoms with Gasteiger partial charge in [0.25, 0.3) is 0 Å². The first-order valence-corrected chi connectivity index (χ1v) is 6.72. The molecule has 1 aliphatic rings. The third-order valence-corrected chi connectivity index (χ3v) is 3.80. The third kappa shape index (κ3) is 3.03. The molecule has 1 unspecified atom stereocenters. The molecule has 1 N–H and O–H groups in total. The lowest BCUT2D eigenvalue weighted by Crippen LogP contribution is -2.37. The summed E-state index contributed by atoms with van der Waals surface area (Å²) in [6.07, 6.45) is 2.65. The zero-order valence-electron chi connectivity index (χ0n) is 11.3. The van der Waals surface area contributed by atoms with Crippen LogP contribution in [0.2, 0.25) is 0 Å². The largest absolute Gasteiger partial charge is 0.392 e. The van der Waals surface area contributed by atoms with Gasteiger partial charge in [-0.15, -0.1) is 0 Å². The highest BCUT2D eigenvalue weighted by Crippen LogP contribution is 2.37. The van der Waals surface area contributed by atoms with E-state index in [9.17, 15) is 5.11 Å². The summed E-state index contributed by atoms with van der Waals surface area (Å²) in [6.45, 7) is 3.97. The van der Waals surface area contributed by atoms with Crippen LogP contribution in [-0.2, 0) is 11.3 Å². The lowest BCUT2D eigenvalue weighted by atomic mass is 10.1. The van der Waals surface area contributed by atoms with Crippen LogP contribution in [0.25, 0.3) is 0 Å². The number of aliphatic hydroxyl groups is 1. The molecule has 1 aromatic rings. The molecule has 1 saturated carbocycles. The first-order chi connectivity index (χ1) is 8.77. The van der Waals surface area contributed by atoms with E-state index < -0.39 is 0 Å². The summed E-state index contributed by atoms with van der Waals surface area (Å²) in [6, 6.07) is 8.63. The molecule has 100 valence electrons. The molecule has 1 aliphatic carbocycles. The minimum atomic E-state index is 0.0943. The summed E-state index contributed by atoms with van der Waals surface area (Å²) in [5, 5.41) is 9.47. The zero-order valence-corrected chi connectivity index (χ0v) is 11.3. The number of aliphatic hydroxyl groups excluding tert-OH is 1. The quantitative estimate of drug-likeness (QED) is 0.805. The molecule has 0 bridgehead atoms. The topological polar surface area (TPSA) is 32.7 Å². The lowest BCUT2D eigenvalue weighted by molar-refractivity contribution is 0.202. The standard InChI is InChI=1S/C15H23NO2/c1-12(13-7-8-13)16(9-10-18-2)15-6-4-3-5-14(15)11-17/h3-6,12-13,17H,7-11H2,1-2H3. The van der Waals surface area contributed by atoms with Crippen molar-refractivity contribution in [2.75, 3.05) is 25.2 Å². The van der Waals surface area contributed by atoms with Crippen LogP contribution in [0.4, 0.5) is 5.69 Å². The van der Waals surface area contributed by atoms with E-state index in [2.05, 4.69) is 17.9 Å². The van der Waals surface area contributed by atoms with Crippen molar-refractivity contribution in [1.29, 1.82) is 0 Å². The van der Waals surface area contributed by atoms with Crippen molar-refractivity contribution in [3.05, 3.63) is 29.8 Å². The smallest absolute Gasteiger partial charge is 0.0702 e. The van der Waals surface area contributed by atoms with Crippen molar-refractivity contribution in [2.24, 2.45) is 5.92 Å². The number of para-hydroxylation sites is 1.